The fraction of sp³-hybridized carbons (Fsp3) is 1.00. The minimum Gasteiger partial charge on any atom is -0.330 e. The lowest BCUT2D eigenvalue weighted by molar-refractivity contribution is 0.0469. The van der Waals surface area contributed by atoms with E-state index < -0.39 is 14.2 Å². The van der Waals surface area contributed by atoms with Gasteiger partial charge in [-0.2, -0.15) is 0 Å². The maximum Gasteiger partial charge on any atom is 0.327 e. The van der Waals surface area contributed by atoms with Crippen LogP contribution in [0, 0.1) is 5.41 Å². The predicted molar refractivity (Wildman–Crippen MR) is 54.0 cm³/mol. The van der Waals surface area contributed by atoms with Gasteiger partial charge in [-0.15, -0.1) is 0 Å². The summed E-state index contributed by atoms with van der Waals surface area (Å²) in [6.45, 7) is 8.25. The van der Waals surface area contributed by atoms with Crippen LogP contribution in [-0.2, 0) is 4.52 Å². The van der Waals surface area contributed by atoms with E-state index in [-0.39, 0.29) is 5.41 Å². The molecule has 0 amide bonds. The Morgan fingerprint density at radius 2 is 1.69 bits per heavy atom. The highest BCUT2D eigenvalue weighted by Crippen LogP contribution is 2.38. The zero-order valence-corrected chi connectivity index (χ0v) is 9.64. The highest BCUT2D eigenvalue weighted by Gasteiger charge is 2.30. The quantitative estimate of drug-likeness (QED) is 0.598. The summed E-state index contributed by atoms with van der Waals surface area (Å²) in [5.74, 6) is 0. The summed E-state index contributed by atoms with van der Waals surface area (Å²) in [7, 11) is -2.29. The van der Waals surface area contributed by atoms with E-state index in [1.54, 1.807) is 0 Å². The molecule has 0 spiro atoms. The molecule has 80 valence electrons. The SMILES string of the molecule is CC(C)(CN)CC(C)(C)OP(O)O. The monoisotopic (exact) mass is 209 g/mol. The Balaban J connectivity index is 4.16. The summed E-state index contributed by atoms with van der Waals surface area (Å²) >= 11 is 0. The van der Waals surface area contributed by atoms with Gasteiger partial charge in [-0.25, -0.2) is 0 Å². The van der Waals surface area contributed by atoms with Crippen molar-refractivity contribution in [1.82, 2.24) is 0 Å². The van der Waals surface area contributed by atoms with Gasteiger partial charge in [0.2, 0.25) is 0 Å². The minimum absolute atomic E-state index is 0.0468. The van der Waals surface area contributed by atoms with Crippen LogP contribution in [-0.4, -0.2) is 21.9 Å². The maximum atomic E-state index is 8.72. The molecule has 0 saturated carbocycles. The second kappa shape index (κ2) is 4.67. The molecule has 0 unspecified atom stereocenters. The third-order valence-electron chi connectivity index (χ3n) is 1.79. The normalized spacial score (nSPS) is 13.8. The van der Waals surface area contributed by atoms with Gasteiger partial charge in [0.15, 0.2) is 0 Å². The van der Waals surface area contributed by atoms with Gasteiger partial charge >= 0.3 is 8.60 Å². The van der Waals surface area contributed by atoms with Crippen molar-refractivity contribution < 1.29 is 14.3 Å². The van der Waals surface area contributed by atoms with Crippen LogP contribution in [0.25, 0.3) is 0 Å². The summed E-state index contributed by atoms with van der Waals surface area (Å²) in [6.07, 6.45) is 0.691. The molecule has 0 saturated heterocycles. The zero-order valence-electron chi connectivity index (χ0n) is 8.74. The lowest BCUT2D eigenvalue weighted by Gasteiger charge is -2.33. The Bertz CT molecular complexity index is 159. The van der Waals surface area contributed by atoms with E-state index in [1.807, 2.05) is 27.7 Å². The minimum atomic E-state index is -2.29. The van der Waals surface area contributed by atoms with Gasteiger partial charge < -0.3 is 20.0 Å². The molecule has 4 nitrogen and oxygen atoms in total. The maximum absolute atomic E-state index is 8.72. The van der Waals surface area contributed by atoms with Crippen molar-refractivity contribution in [3.8, 4) is 0 Å². The Labute approximate surface area is 81.1 Å². The van der Waals surface area contributed by atoms with Crippen LogP contribution in [0.15, 0.2) is 0 Å². The van der Waals surface area contributed by atoms with Gasteiger partial charge in [-0.1, -0.05) is 13.8 Å². The first-order valence-corrected chi connectivity index (χ1v) is 5.42. The van der Waals surface area contributed by atoms with E-state index in [0.717, 1.165) is 0 Å². The van der Waals surface area contributed by atoms with Gasteiger partial charge in [-0.05, 0) is 32.2 Å². The lowest BCUT2D eigenvalue weighted by atomic mass is 9.82. The van der Waals surface area contributed by atoms with Crippen LogP contribution in [0.1, 0.15) is 34.1 Å². The molecule has 0 aliphatic carbocycles. The third-order valence-corrected chi connectivity index (χ3v) is 2.44. The average molecular weight is 209 g/mol. The van der Waals surface area contributed by atoms with E-state index in [9.17, 15) is 0 Å². The molecule has 4 N–H and O–H groups in total. The van der Waals surface area contributed by atoms with Crippen LogP contribution in [0.3, 0.4) is 0 Å². The first-order chi connectivity index (χ1) is 5.68. The largest absolute Gasteiger partial charge is 0.330 e. The summed E-state index contributed by atoms with van der Waals surface area (Å²) in [5, 5.41) is 0. The molecule has 0 atom stereocenters. The number of nitrogens with two attached hydrogens (primary N) is 1. The second-order valence-electron chi connectivity index (χ2n) is 4.65. The molecule has 0 aliphatic heterocycles. The van der Waals surface area contributed by atoms with Gasteiger partial charge in [-0.3, -0.25) is 0 Å². The molecule has 13 heavy (non-hydrogen) atoms. The van der Waals surface area contributed by atoms with Crippen molar-refractivity contribution in [2.45, 2.75) is 39.7 Å². The van der Waals surface area contributed by atoms with Gasteiger partial charge in [0, 0.05) is 0 Å². The molecule has 0 radical (unpaired) electrons. The molecule has 0 heterocycles. The highest BCUT2D eigenvalue weighted by atomic mass is 31.2. The van der Waals surface area contributed by atoms with E-state index in [2.05, 4.69) is 0 Å². The van der Waals surface area contributed by atoms with Crippen LogP contribution in [0.4, 0.5) is 0 Å². The third kappa shape index (κ3) is 6.36. The van der Waals surface area contributed by atoms with Crippen molar-refractivity contribution in [3.63, 3.8) is 0 Å². The van der Waals surface area contributed by atoms with Crippen LogP contribution < -0.4 is 5.73 Å². The molecule has 5 heteroatoms. The Hall–Kier alpha value is 0.270. The van der Waals surface area contributed by atoms with E-state index in [0.29, 0.717) is 13.0 Å². The van der Waals surface area contributed by atoms with Crippen molar-refractivity contribution in [2.24, 2.45) is 11.1 Å². The summed E-state index contributed by atoms with van der Waals surface area (Å²) in [6, 6.07) is 0. The first kappa shape index (κ1) is 13.3. The van der Waals surface area contributed by atoms with Gasteiger partial charge in [0.25, 0.3) is 0 Å². The van der Waals surface area contributed by atoms with E-state index in [1.165, 1.54) is 0 Å². The highest BCUT2D eigenvalue weighted by molar-refractivity contribution is 7.39. The summed E-state index contributed by atoms with van der Waals surface area (Å²) in [5.41, 5.74) is 4.98. The molecule has 0 bridgehead atoms. The van der Waals surface area contributed by atoms with Gasteiger partial charge in [0.05, 0.1) is 5.60 Å². The summed E-state index contributed by atoms with van der Waals surface area (Å²) < 4.78 is 5.00. The van der Waals surface area contributed by atoms with Crippen molar-refractivity contribution in [3.05, 3.63) is 0 Å². The van der Waals surface area contributed by atoms with Crippen molar-refractivity contribution in [1.29, 1.82) is 0 Å². The summed E-state index contributed by atoms with van der Waals surface area (Å²) in [4.78, 5) is 17.4. The van der Waals surface area contributed by atoms with E-state index in [4.69, 9.17) is 20.0 Å². The Morgan fingerprint density at radius 3 is 2.00 bits per heavy atom. The zero-order chi connectivity index (χ0) is 10.7. The molecule has 0 aromatic carbocycles. The lowest BCUT2D eigenvalue weighted by Crippen LogP contribution is -2.34. The Morgan fingerprint density at radius 1 is 1.23 bits per heavy atom. The van der Waals surface area contributed by atoms with Crippen LogP contribution in [0.5, 0.6) is 0 Å². The van der Waals surface area contributed by atoms with Crippen molar-refractivity contribution in [2.75, 3.05) is 6.54 Å². The van der Waals surface area contributed by atoms with E-state index >= 15 is 0 Å². The fourth-order valence-corrected chi connectivity index (χ4v) is 1.98. The van der Waals surface area contributed by atoms with Crippen LogP contribution in [0.2, 0.25) is 0 Å². The standard InChI is InChI=1S/C8H20NO3P/c1-7(2,6-9)5-8(3,4)12-13(10)11/h10-11H,5-6,9H2,1-4H3. The molecule has 0 aliphatic rings. The smallest absolute Gasteiger partial charge is 0.327 e. The van der Waals surface area contributed by atoms with Crippen molar-refractivity contribution >= 4 is 8.60 Å². The molecule has 0 aromatic heterocycles. The molecular formula is C8H20NO3P. The Kier molecular flexibility index (Phi) is 4.77. The molecule has 0 rings (SSSR count). The number of hydrogen-bond acceptors (Lipinski definition) is 4. The second-order valence-corrected chi connectivity index (χ2v) is 5.34. The van der Waals surface area contributed by atoms with Gasteiger partial charge in [0.1, 0.15) is 0 Å². The fourth-order valence-electron chi connectivity index (χ4n) is 1.48. The van der Waals surface area contributed by atoms with Crippen LogP contribution >= 0.6 is 8.60 Å². The number of rotatable bonds is 5. The molecule has 0 aromatic rings. The average Bonchev–Trinajstić information content (AvgIpc) is 1.81. The molecule has 0 fully saturated rings. The number of hydrogen-bond donors (Lipinski definition) is 3. The first-order valence-electron chi connectivity index (χ1n) is 4.26. The predicted octanol–water partition coefficient (Wildman–Crippen LogP) is 1.37. The topological polar surface area (TPSA) is 75.7 Å². The molecular weight excluding hydrogens is 189 g/mol.